The van der Waals surface area contributed by atoms with Crippen LogP contribution in [0.25, 0.3) is 11.1 Å². The van der Waals surface area contributed by atoms with E-state index in [-0.39, 0.29) is 5.29 Å². The van der Waals surface area contributed by atoms with Crippen LogP contribution in [-0.2, 0) is 0 Å². The number of nitrogens with zero attached hydrogens (tertiary/aromatic N) is 3. The van der Waals surface area contributed by atoms with E-state index in [1.807, 2.05) is 30.3 Å². The largest absolute Gasteiger partial charge is 0.296 e. The van der Waals surface area contributed by atoms with E-state index in [1.54, 1.807) is 4.90 Å². The van der Waals surface area contributed by atoms with Crippen LogP contribution in [-0.4, -0.2) is 17.3 Å². The van der Waals surface area contributed by atoms with Crippen LogP contribution in [0, 0.1) is 0 Å². The molecule has 0 aromatic heterocycles. The van der Waals surface area contributed by atoms with Crippen molar-refractivity contribution >= 4 is 39.5 Å². The summed E-state index contributed by atoms with van der Waals surface area (Å²) in [6, 6.07) is 18.3. The predicted octanol–water partition coefficient (Wildman–Crippen LogP) is 4.32. The second kappa shape index (κ2) is 5.65. The molecule has 1 aliphatic heterocycles. The number of halogens is 2. The number of aliphatic imine (C=N–C) groups is 2. The van der Waals surface area contributed by atoms with Crippen LogP contribution < -0.4 is 4.90 Å². The second-order valence-corrected chi connectivity index (χ2v) is 4.97. The second-order valence-electron chi connectivity index (χ2n) is 4.29. The first-order valence-electron chi connectivity index (χ1n) is 6.11. The SMILES string of the molecule is ClC1=NCN(c2ccc(-c3ccccc3)cc2)C(Cl)=N1. The van der Waals surface area contributed by atoms with Gasteiger partial charge in [0.2, 0.25) is 10.6 Å². The quantitative estimate of drug-likeness (QED) is 0.759. The first-order chi connectivity index (χ1) is 9.74. The zero-order valence-electron chi connectivity index (χ0n) is 10.5. The van der Waals surface area contributed by atoms with Gasteiger partial charge in [-0.3, -0.25) is 4.90 Å². The Balaban J connectivity index is 1.86. The van der Waals surface area contributed by atoms with Crippen molar-refractivity contribution in [1.29, 1.82) is 0 Å². The first-order valence-corrected chi connectivity index (χ1v) is 6.87. The summed E-state index contributed by atoms with van der Waals surface area (Å²) in [7, 11) is 0. The third-order valence-corrected chi connectivity index (χ3v) is 3.53. The summed E-state index contributed by atoms with van der Waals surface area (Å²) >= 11 is 11.8. The highest BCUT2D eigenvalue weighted by Gasteiger charge is 2.15. The molecule has 0 bridgehead atoms. The lowest BCUT2D eigenvalue weighted by Gasteiger charge is -2.23. The van der Waals surface area contributed by atoms with Crippen LogP contribution >= 0.6 is 23.2 Å². The molecule has 1 aliphatic rings. The number of amidine groups is 2. The van der Waals surface area contributed by atoms with Gasteiger partial charge in [-0.05, 0) is 46.5 Å². The van der Waals surface area contributed by atoms with E-state index < -0.39 is 0 Å². The molecule has 3 rings (SSSR count). The monoisotopic (exact) mass is 303 g/mol. The molecule has 0 unspecified atom stereocenters. The Morgan fingerprint density at radius 2 is 1.50 bits per heavy atom. The van der Waals surface area contributed by atoms with Crippen molar-refractivity contribution < 1.29 is 0 Å². The third-order valence-electron chi connectivity index (χ3n) is 3.04. The summed E-state index contributed by atoms with van der Waals surface area (Å²) in [4.78, 5) is 9.79. The molecule has 0 fully saturated rings. The van der Waals surface area contributed by atoms with Crippen molar-refractivity contribution in [1.82, 2.24) is 0 Å². The molecular formula is C15H11Cl2N3. The highest BCUT2D eigenvalue weighted by molar-refractivity contribution is 6.73. The van der Waals surface area contributed by atoms with Crippen LogP contribution in [0.3, 0.4) is 0 Å². The molecule has 2 aromatic rings. The van der Waals surface area contributed by atoms with Crippen molar-refractivity contribution in [3.63, 3.8) is 0 Å². The van der Waals surface area contributed by atoms with Crippen molar-refractivity contribution in [2.24, 2.45) is 9.98 Å². The van der Waals surface area contributed by atoms with Gasteiger partial charge in [-0.2, -0.15) is 4.99 Å². The summed E-state index contributed by atoms with van der Waals surface area (Å²) < 4.78 is 0. The summed E-state index contributed by atoms with van der Waals surface area (Å²) in [5, 5.41) is 0.518. The average molecular weight is 304 g/mol. The van der Waals surface area contributed by atoms with E-state index in [4.69, 9.17) is 23.2 Å². The van der Waals surface area contributed by atoms with Gasteiger partial charge in [0.15, 0.2) is 0 Å². The lowest BCUT2D eigenvalue weighted by Crippen LogP contribution is -2.30. The zero-order valence-corrected chi connectivity index (χ0v) is 12.0. The fourth-order valence-electron chi connectivity index (χ4n) is 2.01. The molecule has 0 saturated carbocycles. The van der Waals surface area contributed by atoms with E-state index in [1.165, 1.54) is 5.56 Å². The highest BCUT2D eigenvalue weighted by atomic mass is 35.5. The fraction of sp³-hybridized carbons (Fsp3) is 0.0667. The number of anilines is 1. The standard InChI is InChI=1S/C15H11Cl2N3/c16-14-18-10-20(15(17)19-14)13-8-6-12(7-9-13)11-4-2-1-3-5-11/h1-9H,10H2. The normalized spacial score (nSPS) is 14.8. The Kier molecular flexibility index (Phi) is 3.72. The Morgan fingerprint density at radius 1 is 0.850 bits per heavy atom. The minimum absolute atomic E-state index is 0.187. The topological polar surface area (TPSA) is 28.0 Å². The molecule has 0 aliphatic carbocycles. The van der Waals surface area contributed by atoms with Crippen molar-refractivity contribution in [3.8, 4) is 11.1 Å². The van der Waals surface area contributed by atoms with Crippen LogP contribution in [0.4, 0.5) is 5.69 Å². The lowest BCUT2D eigenvalue weighted by molar-refractivity contribution is 1.00. The van der Waals surface area contributed by atoms with E-state index in [0.717, 1.165) is 11.3 Å². The van der Waals surface area contributed by atoms with Crippen LogP contribution in [0.1, 0.15) is 0 Å². The molecule has 0 radical (unpaired) electrons. The van der Waals surface area contributed by atoms with E-state index >= 15 is 0 Å². The fourth-order valence-corrected chi connectivity index (χ4v) is 2.42. The molecule has 0 atom stereocenters. The maximum Gasteiger partial charge on any atom is 0.222 e. The number of rotatable bonds is 2. The van der Waals surface area contributed by atoms with Crippen LogP contribution in [0.2, 0.25) is 0 Å². The van der Waals surface area contributed by atoms with Gasteiger partial charge in [-0.25, -0.2) is 4.99 Å². The van der Waals surface area contributed by atoms with Gasteiger partial charge in [0.1, 0.15) is 6.67 Å². The predicted molar refractivity (Wildman–Crippen MR) is 85.8 cm³/mol. The van der Waals surface area contributed by atoms with Crippen LogP contribution in [0.15, 0.2) is 64.6 Å². The average Bonchev–Trinajstić information content (AvgIpc) is 2.48. The summed E-state index contributed by atoms with van der Waals surface area (Å²) in [6.45, 7) is 0.381. The Labute approximate surface area is 127 Å². The van der Waals surface area contributed by atoms with Gasteiger partial charge in [-0.1, -0.05) is 42.5 Å². The minimum Gasteiger partial charge on any atom is -0.296 e. The van der Waals surface area contributed by atoms with E-state index in [0.29, 0.717) is 12.0 Å². The van der Waals surface area contributed by atoms with Crippen molar-refractivity contribution in [2.75, 3.05) is 11.6 Å². The van der Waals surface area contributed by atoms with Gasteiger partial charge in [-0.15, -0.1) is 0 Å². The number of hydrogen-bond acceptors (Lipinski definition) is 3. The summed E-state index contributed by atoms with van der Waals surface area (Å²) in [6.07, 6.45) is 0. The summed E-state index contributed by atoms with van der Waals surface area (Å²) in [5.74, 6) is 0. The lowest BCUT2D eigenvalue weighted by atomic mass is 10.1. The Bertz CT molecular complexity index is 663. The molecule has 20 heavy (non-hydrogen) atoms. The molecule has 100 valence electrons. The molecular weight excluding hydrogens is 293 g/mol. The van der Waals surface area contributed by atoms with Gasteiger partial charge in [0.25, 0.3) is 0 Å². The van der Waals surface area contributed by atoms with E-state index in [2.05, 4.69) is 34.3 Å². The molecule has 5 heteroatoms. The smallest absolute Gasteiger partial charge is 0.222 e. The minimum atomic E-state index is 0.187. The van der Waals surface area contributed by atoms with Crippen LogP contribution in [0.5, 0.6) is 0 Å². The molecule has 0 N–H and O–H groups in total. The van der Waals surface area contributed by atoms with Crippen molar-refractivity contribution in [3.05, 3.63) is 54.6 Å². The maximum atomic E-state index is 6.08. The molecule has 0 spiro atoms. The number of hydrogen-bond donors (Lipinski definition) is 0. The highest BCUT2D eigenvalue weighted by Crippen LogP contribution is 2.24. The van der Waals surface area contributed by atoms with Gasteiger partial charge in [0.05, 0.1) is 0 Å². The first kappa shape index (κ1) is 13.2. The third kappa shape index (κ3) is 2.69. The molecule has 0 amide bonds. The molecule has 2 aromatic carbocycles. The number of benzene rings is 2. The molecule has 0 saturated heterocycles. The van der Waals surface area contributed by atoms with Gasteiger partial charge < -0.3 is 0 Å². The Hall–Kier alpha value is -1.84. The molecule has 3 nitrogen and oxygen atoms in total. The zero-order chi connectivity index (χ0) is 13.9. The van der Waals surface area contributed by atoms with Gasteiger partial charge in [0, 0.05) is 5.69 Å². The Morgan fingerprint density at radius 3 is 2.15 bits per heavy atom. The summed E-state index contributed by atoms with van der Waals surface area (Å²) in [5.41, 5.74) is 3.27. The van der Waals surface area contributed by atoms with Crippen molar-refractivity contribution in [2.45, 2.75) is 0 Å². The maximum absolute atomic E-state index is 6.08. The van der Waals surface area contributed by atoms with E-state index in [9.17, 15) is 0 Å². The molecule has 1 heterocycles. The van der Waals surface area contributed by atoms with Gasteiger partial charge >= 0.3 is 0 Å².